The predicted molar refractivity (Wildman–Crippen MR) is 110 cm³/mol. The van der Waals surface area contributed by atoms with Gasteiger partial charge in [-0.2, -0.15) is 0 Å². The number of esters is 1. The second-order valence-corrected chi connectivity index (χ2v) is 6.91. The minimum absolute atomic E-state index is 0.0192. The van der Waals surface area contributed by atoms with Crippen molar-refractivity contribution in [3.05, 3.63) is 79.9 Å². The van der Waals surface area contributed by atoms with Crippen LogP contribution in [0.5, 0.6) is 0 Å². The number of para-hydroxylation sites is 2. The number of carbonyl (C=O) groups excluding carboxylic acids is 1. The first kappa shape index (κ1) is 22.9. The van der Waals surface area contributed by atoms with Gasteiger partial charge < -0.3 is 10.5 Å². The van der Waals surface area contributed by atoms with Crippen LogP contribution in [0.2, 0.25) is 0 Å². The molecule has 10 nitrogen and oxygen atoms in total. The molecule has 0 saturated carbocycles. The maximum atomic E-state index is 12.6. The number of benzene rings is 2. The van der Waals surface area contributed by atoms with Crippen molar-refractivity contribution in [1.82, 2.24) is 5.32 Å². The molecule has 0 heterocycles. The topological polar surface area (TPSA) is 151 Å². The van der Waals surface area contributed by atoms with Crippen LogP contribution < -0.4 is 11.1 Å². The summed E-state index contributed by atoms with van der Waals surface area (Å²) in [6, 6.07) is 10.00. The molecule has 2 aromatic carbocycles. The van der Waals surface area contributed by atoms with Crippen molar-refractivity contribution < 1.29 is 19.4 Å². The van der Waals surface area contributed by atoms with Gasteiger partial charge in [0.2, 0.25) is 0 Å². The molecule has 0 aliphatic rings. The lowest BCUT2D eigenvalue weighted by Crippen LogP contribution is -2.45. The number of ether oxygens (including phenoxy) is 1. The Hall–Kier alpha value is -3.37. The molecule has 0 spiro atoms. The summed E-state index contributed by atoms with van der Waals surface area (Å²) in [5.41, 5.74) is 5.37. The van der Waals surface area contributed by atoms with E-state index in [0.29, 0.717) is 0 Å². The maximum absolute atomic E-state index is 12.6. The minimum atomic E-state index is -0.994. The molecule has 0 amide bonds. The van der Waals surface area contributed by atoms with Crippen LogP contribution in [0.25, 0.3) is 0 Å². The molecule has 3 N–H and O–H groups in total. The lowest BCUT2D eigenvalue weighted by molar-refractivity contribution is -0.386. The lowest BCUT2D eigenvalue weighted by Gasteiger charge is -2.27. The highest BCUT2D eigenvalue weighted by Gasteiger charge is 2.34. The van der Waals surface area contributed by atoms with E-state index in [4.69, 9.17) is 10.5 Å². The van der Waals surface area contributed by atoms with Gasteiger partial charge in [0.15, 0.2) is 0 Å². The monoisotopic (exact) mass is 416 g/mol. The van der Waals surface area contributed by atoms with E-state index in [1.165, 1.54) is 36.4 Å². The van der Waals surface area contributed by atoms with E-state index in [1.807, 2.05) is 0 Å². The molecular formula is C20H24N4O6. The molecule has 0 aromatic heterocycles. The molecule has 0 aliphatic carbocycles. The molecule has 0 unspecified atom stereocenters. The van der Waals surface area contributed by atoms with E-state index >= 15 is 0 Å². The predicted octanol–water partition coefficient (Wildman–Crippen LogP) is 2.71. The smallest absolute Gasteiger partial charge is 0.323 e. The van der Waals surface area contributed by atoms with Gasteiger partial charge in [-0.1, -0.05) is 50.2 Å². The second-order valence-electron chi connectivity index (χ2n) is 6.91. The van der Waals surface area contributed by atoms with Gasteiger partial charge in [-0.15, -0.1) is 0 Å². The number of rotatable bonds is 10. The van der Waals surface area contributed by atoms with Crippen molar-refractivity contribution in [3.8, 4) is 0 Å². The number of hydrogen-bond donors (Lipinski definition) is 2. The van der Waals surface area contributed by atoms with Crippen molar-refractivity contribution in [2.24, 2.45) is 11.7 Å². The summed E-state index contributed by atoms with van der Waals surface area (Å²) >= 11 is 0. The summed E-state index contributed by atoms with van der Waals surface area (Å²) in [6.45, 7) is 3.72. The molecule has 2 aromatic rings. The third-order valence-electron chi connectivity index (χ3n) is 4.52. The van der Waals surface area contributed by atoms with E-state index in [2.05, 4.69) is 5.32 Å². The first-order chi connectivity index (χ1) is 14.3. The van der Waals surface area contributed by atoms with Crippen molar-refractivity contribution in [1.29, 1.82) is 0 Å². The number of carbonyl (C=O) groups is 1. The fourth-order valence-corrected chi connectivity index (χ4v) is 3.10. The molecule has 0 bridgehead atoms. The quantitative estimate of drug-likeness (QED) is 0.341. The Balaban J connectivity index is 2.62. The highest BCUT2D eigenvalue weighted by atomic mass is 16.6. The number of hydrogen-bond acceptors (Lipinski definition) is 8. The van der Waals surface area contributed by atoms with E-state index in [9.17, 15) is 25.0 Å². The fraction of sp³-hybridized carbons (Fsp3) is 0.350. The van der Waals surface area contributed by atoms with Gasteiger partial charge in [-0.25, -0.2) is 0 Å². The molecule has 30 heavy (non-hydrogen) atoms. The van der Waals surface area contributed by atoms with Crippen molar-refractivity contribution >= 4 is 17.3 Å². The Kier molecular flexibility index (Phi) is 7.96. The van der Waals surface area contributed by atoms with Gasteiger partial charge in [0.1, 0.15) is 12.6 Å². The number of nitro benzene ring substituents is 2. The van der Waals surface area contributed by atoms with Gasteiger partial charge in [0.05, 0.1) is 27.0 Å². The van der Waals surface area contributed by atoms with E-state index < -0.39 is 27.9 Å². The molecule has 0 fully saturated rings. The summed E-state index contributed by atoms with van der Waals surface area (Å²) in [7, 11) is 0. The summed E-state index contributed by atoms with van der Waals surface area (Å²) in [6.07, 6.45) is 0. The Bertz CT molecular complexity index is 860. The van der Waals surface area contributed by atoms with E-state index in [1.54, 1.807) is 26.0 Å². The molecule has 10 heteroatoms. The van der Waals surface area contributed by atoms with Crippen LogP contribution >= 0.6 is 0 Å². The SMILES string of the molecule is CC(C)[C@H](NC(c1ccccc1[N+](=O)[O-])c1ccccc1[N+](=O)[O-])C(=O)OCCN. The summed E-state index contributed by atoms with van der Waals surface area (Å²) < 4.78 is 5.15. The number of nitrogens with two attached hydrogens (primary N) is 1. The van der Waals surface area contributed by atoms with Crippen LogP contribution in [0.4, 0.5) is 11.4 Å². The van der Waals surface area contributed by atoms with E-state index in [0.717, 1.165) is 0 Å². The van der Waals surface area contributed by atoms with Crippen molar-refractivity contribution in [2.45, 2.75) is 25.9 Å². The van der Waals surface area contributed by atoms with Crippen LogP contribution in [-0.2, 0) is 9.53 Å². The zero-order chi connectivity index (χ0) is 22.3. The normalized spacial score (nSPS) is 12.0. The molecule has 0 aliphatic heterocycles. The number of nitrogens with zero attached hydrogens (tertiary/aromatic N) is 2. The maximum Gasteiger partial charge on any atom is 0.323 e. The van der Waals surface area contributed by atoms with Crippen LogP contribution in [0, 0.1) is 26.1 Å². The highest BCUT2D eigenvalue weighted by Crippen LogP contribution is 2.35. The van der Waals surface area contributed by atoms with Gasteiger partial charge in [-0.05, 0) is 5.92 Å². The summed E-state index contributed by atoms with van der Waals surface area (Å²) in [5, 5.41) is 26.3. The van der Waals surface area contributed by atoms with Crippen LogP contribution in [0.3, 0.4) is 0 Å². The lowest BCUT2D eigenvalue weighted by atomic mass is 9.93. The third kappa shape index (κ3) is 5.37. The van der Waals surface area contributed by atoms with Crippen molar-refractivity contribution in [2.75, 3.05) is 13.2 Å². The molecule has 1 atom stereocenters. The van der Waals surface area contributed by atoms with Gasteiger partial charge in [0.25, 0.3) is 11.4 Å². The van der Waals surface area contributed by atoms with Crippen molar-refractivity contribution in [3.63, 3.8) is 0 Å². The van der Waals surface area contributed by atoms with E-state index in [-0.39, 0.29) is 41.6 Å². The molecule has 0 saturated heterocycles. The summed E-state index contributed by atoms with van der Waals surface area (Å²) in [4.78, 5) is 34.7. The first-order valence-corrected chi connectivity index (χ1v) is 9.37. The fourth-order valence-electron chi connectivity index (χ4n) is 3.10. The molecule has 2 rings (SSSR count). The Labute approximate surface area is 173 Å². The zero-order valence-corrected chi connectivity index (χ0v) is 16.7. The molecule has 160 valence electrons. The number of nitro groups is 2. The second kappa shape index (κ2) is 10.4. The average molecular weight is 416 g/mol. The largest absolute Gasteiger partial charge is 0.463 e. The van der Waals surface area contributed by atoms with Gasteiger partial charge in [-0.3, -0.25) is 30.3 Å². The Morgan fingerprint density at radius 2 is 1.47 bits per heavy atom. The van der Waals surface area contributed by atoms with Gasteiger partial charge >= 0.3 is 5.97 Å². The highest BCUT2D eigenvalue weighted by molar-refractivity contribution is 5.76. The zero-order valence-electron chi connectivity index (χ0n) is 16.7. The Morgan fingerprint density at radius 3 is 1.87 bits per heavy atom. The number of nitrogens with one attached hydrogen (secondary N) is 1. The average Bonchev–Trinajstić information content (AvgIpc) is 2.72. The summed E-state index contributed by atoms with van der Waals surface area (Å²) in [5.74, 6) is -0.846. The Morgan fingerprint density at radius 1 is 1.00 bits per heavy atom. The van der Waals surface area contributed by atoms with Crippen LogP contribution in [0.15, 0.2) is 48.5 Å². The first-order valence-electron chi connectivity index (χ1n) is 9.37. The van der Waals surface area contributed by atoms with Gasteiger partial charge in [0, 0.05) is 18.7 Å². The van der Waals surface area contributed by atoms with Crippen LogP contribution in [0.1, 0.15) is 31.0 Å². The molecular weight excluding hydrogens is 392 g/mol. The minimum Gasteiger partial charge on any atom is -0.463 e. The van der Waals surface area contributed by atoms with Crippen LogP contribution in [-0.4, -0.2) is 35.0 Å². The molecule has 0 radical (unpaired) electrons. The third-order valence-corrected chi connectivity index (χ3v) is 4.52. The standard InChI is InChI=1S/C20H24N4O6/c1-13(2)18(20(25)30-12-11-21)22-19(14-7-3-5-9-16(14)23(26)27)15-8-4-6-10-17(15)24(28)29/h3-10,13,18-19,22H,11-12,21H2,1-2H3/t18-/m0/s1.